The van der Waals surface area contributed by atoms with Crippen LogP contribution >= 0.6 is 0 Å². The van der Waals surface area contributed by atoms with Crippen molar-refractivity contribution in [2.75, 3.05) is 30.8 Å². The van der Waals surface area contributed by atoms with Crippen LogP contribution in [-0.2, 0) is 26.2 Å². The number of nitrogens with zero attached hydrogens (tertiary/aromatic N) is 2. The Kier molecular flexibility index (Phi) is 11.9. The number of rotatable bonds is 15. The van der Waals surface area contributed by atoms with Crippen molar-refractivity contribution in [1.82, 2.24) is 10.2 Å². The minimum Gasteiger partial charge on any atom is -0.497 e. The minimum absolute atomic E-state index is 0.118. The first-order chi connectivity index (χ1) is 17.6. The van der Waals surface area contributed by atoms with Gasteiger partial charge in [-0.3, -0.25) is 13.9 Å². The highest BCUT2D eigenvalue weighted by atomic mass is 32.2. The van der Waals surface area contributed by atoms with Crippen LogP contribution in [0.1, 0.15) is 57.1 Å². The molecule has 0 aliphatic rings. The molecule has 0 radical (unpaired) electrons. The van der Waals surface area contributed by atoms with Gasteiger partial charge >= 0.3 is 0 Å². The van der Waals surface area contributed by atoms with Crippen molar-refractivity contribution in [2.24, 2.45) is 0 Å². The quantitative estimate of drug-likeness (QED) is 0.346. The predicted octanol–water partition coefficient (Wildman–Crippen LogP) is 4.27. The molecule has 0 spiro atoms. The maximum atomic E-state index is 13.5. The number of anilines is 1. The number of hydrogen-bond donors (Lipinski definition) is 1. The summed E-state index contributed by atoms with van der Waals surface area (Å²) in [5.74, 6) is 0.351. The number of methoxy groups -OCH3 is 1. The van der Waals surface area contributed by atoms with Gasteiger partial charge in [0.1, 0.15) is 11.8 Å². The van der Waals surface area contributed by atoms with E-state index in [4.69, 9.17) is 4.74 Å². The molecule has 204 valence electrons. The number of sulfonamides is 1. The summed E-state index contributed by atoms with van der Waals surface area (Å²) in [7, 11) is -1.93. The van der Waals surface area contributed by atoms with Gasteiger partial charge in [0.05, 0.1) is 19.1 Å². The molecule has 0 fully saturated rings. The Balaban J connectivity index is 2.20. The average Bonchev–Trinajstić information content (AvgIpc) is 2.86. The van der Waals surface area contributed by atoms with Crippen molar-refractivity contribution in [2.45, 2.75) is 65.5 Å². The molecule has 0 aliphatic carbocycles. The van der Waals surface area contributed by atoms with Crippen molar-refractivity contribution in [1.29, 1.82) is 0 Å². The smallest absolute Gasteiger partial charge is 0.242 e. The number of amides is 2. The SMILES string of the molecule is CCCCNC(=O)C(CC)N(Cc1ccc(OC)cc1)C(=O)CCCN(c1cccc(C)c1)S(C)(=O)=O. The van der Waals surface area contributed by atoms with Crippen molar-refractivity contribution in [3.05, 3.63) is 59.7 Å². The summed E-state index contributed by atoms with van der Waals surface area (Å²) in [5, 5.41) is 2.95. The Bertz CT molecular complexity index is 1120. The fraction of sp³-hybridized carbons (Fsp3) is 0.500. The molecular weight excluding hydrogens is 490 g/mol. The fourth-order valence-corrected chi connectivity index (χ4v) is 5.10. The lowest BCUT2D eigenvalue weighted by Gasteiger charge is -2.31. The van der Waals surface area contributed by atoms with E-state index >= 15 is 0 Å². The van der Waals surface area contributed by atoms with E-state index in [1.807, 2.05) is 56.3 Å². The molecule has 1 unspecified atom stereocenters. The summed E-state index contributed by atoms with van der Waals surface area (Å²) in [6.45, 7) is 6.86. The average molecular weight is 532 g/mol. The van der Waals surface area contributed by atoms with E-state index in [0.717, 1.165) is 24.0 Å². The lowest BCUT2D eigenvalue weighted by Crippen LogP contribution is -2.49. The standard InChI is InChI=1S/C28H41N3O5S/c1-6-8-18-29-28(33)26(7-2)30(21-23-14-16-25(36-4)17-15-23)27(32)13-10-19-31(37(5,34)35)24-12-9-11-22(3)20-24/h9,11-12,14-17,20,26H,6-8,10,13,18-19,21H2,1-5H3,(H,29,33). The number of unbranched alkanes of at least 4 members (excludes halogenated alkanes) is 1. The zero-order valence-corrected chi connectivity index (χ0v) is 23.5. The predicted molar refractivity (Wildman–Crippen MR) is 148 cm³/mol. The van der Waals surface area contributed by atoms with E-state index in [1.165, 1.54) is 10.6 Å². The molecule has 0 saturated carbocycles. The number of hydrogen-bond acceptors (Lipinski definition) is 5. The van der Waals surface area contributed by atoms with Crippen LogP contribution in [0, 0.1) is 6.92 Å². The molecule has 2 aromatic rings. The topological polar surface area (TPSA) is 96.0 Å². The Morgan fingerprint density at radius 1 is 1.05 bits per heavy atom. The van der Waals surface area contributed by atoms with Gasteiger partial charge in [0.15, 0.2) is 0 Å². The molecule has 0 bridgehead atoms. The van der Waals surface area contributed by atoms with Gasteiger partial charge in [-0.05, 0) is 61.6 Å². The molecule has 0 heterocycles. The Hall–Kier alpha value is -3.07. The summed E-state index contributed by atoms with van der Waals surface area (Å²) in [6.07, 6.45) is 3.91. The third-order valence-corrected chi connectivity index (χ3v) is 7.36. The molecule has 2 amide bonds. The molecule has 9 heteroatoms. The van der Waals surface area contributed by atoms with E-state index in [2.05, 4.69) is 12.2 Å². The third-order valence-electron chi connectivity index (χ3n) is 6.17. The van der Waals surface area contributed by atoms with Gasteiger partial charge in [0, 0.05) is 26.1 Å². The van der Waals surface area contributed by atoms with E-state index in [9.17, 15) is 18.0 Å². The number of nitrogens with one attached hydrogen (secondary N) is 1. The second-order valence-corrected chi connectivity index (χ2v) is 11.1. The van der Waals surface area contributed by atoms with Gasteiger partial charge in [0.2, 0.25) is 21.8 Å². The molecule has 0 aromatic heterocycles. The first-order valence-corrected chi connectivity index (χ1v) is 14.7. The van der Waals surface area contributed by atoms with Crippen molar-refractivity contribution >= 4 is 27.5 Å². The van der Waals surface area contributed by atoms with Gasteiger partial charge in [0.25, 0.3) is 0 Å². The van der Waals surface area contributed by atoms with Crippen molar-refractivity contribution in [3.63, 3.8) is 0 Å². The summed E-state index contributed by atoms with van der Waals surface area (Å²) in [5.41, 5.74) is 2.41. The number of aryl methyl sites for hydroxylation is 1. The number of ether oxygens (including phenoxy) is 1. The molecule has 1 atom stereocenters. The van der Waals surface area contributed by atoms with E-state index in [-0.39, 0.29) is 31.3 Å². The molecule has 37 heavy (non-hydrogen) atoms. The second kappa shape index (κ2) is 14.6. The largest absolute Gasteiger partial charge is 0.497 e. The van der Waals surface area contributed by atoms with Crippen molar-refractivity contribution in [3.8, 4) is 5.75 Å². The van der Waals surface area contributed by atoms with Crippen molar-refractivity contribution < 1.29 is 22.7 Å². The van der Waals surface area contributed by atoms with Crippen LogP contribution in [0.25, 0.3) is 0 Å². The normalized spacial score (nSPS) is 12.0. The van der Waals surface area contributed by atoms with Gasteiger partial charge in [-0.25, -0.2) is 8.42 Å². The maximum Gasteiger partial charge on any atom is 0.242 e. The van der Waals surface area contributed by atoms with Gasteiger partial charge < -0.3 is 15.0 Å². The monoisotopic (exact) mass is 531 g/mol. The molecule has 0 aliphatic heterocycles. The Morgan fingerprint density at radius 3 is 2.32 bits per heavy atom. The highest BCUT2D eigenvalue weighted by Gasteiger charge is 2.28. The maximum absolute atomic E-state index is 13.5. The zero-order chi connectivity index (χ0) is 27.4. The summed E-state index contributed by atoms with van der Waals surface area (Å²) >= 11 is 0. The van der Waals surface area contributed by atoms with Gasteiger partial charge in [-0.1, -0.05) is 44.5 Å². The first kappa shape index (κ1) is 30.2. The lowest BCUT2D eigenvalue weighted by molar-refractivity contribution is -0.141. The Morgan fingerprint density at radius 2 is 1.76 bits per heavy atom. The number of benzene rings is 2. The molecule has 0 saturated heterocycles. The van der Waals surface area contributed by atoms with E-state index < -0.39 is 16.1 Å². The molecule has 2 aromatic carbocycles. The highest BCUT2D eigenvalue weighted by Crippen LogP contribution is 2.21. The van der Waals surface area contributed by atoms with Crippen LogP contribution in [0.4, 0.5) is 5.69 Å². The van der Waals surface area contributed by atoms with Gasteiger partial charge in [-0.2, -0.15) is 0 Å². The van der Waals surface area contributed by atoms with E-state index in [0.29, 0.717) is 30.8 Å². The first-order valence-electron chi connectivity index (χ1n) is 12.8. The molecular formula is C28H41N3O5S. The molecule has 1 N–H and O–H groups in total. The van der Waals surface area contributed by atoms with Crippen LogP contribution in [0.5, 0.6) is 5.75 Å². The Labute approximate surface area is 222 Å². The summed E-state index contributed by atoms with van der Waals surface area (Å²) < 4.78 is 31.5. The van der Waals surface area contributed by atoms with E-state index in [1.54, 1.807) is 18.1 Å². The third kappa shape index (κ3) is 9.39. The van der Waals surface area contributed by atoms with Crippen LogP contribution in [0.3, 0.4) is 0 Å². The zero-order valence-electron chi connectivity index (χ0n) is 22.7. The van der Waals surface area contributed by atoms with Gasteiger partial charge in [-0.15, -0.1) is 0 Å². The lowest BCUT2D eigenvalue weighted by atomic mass is 10.1. The van der Waals surface area contributed by atoms with Crippen LogP contribution in [0.15, 0.2) is 48.5 Å². The van der Waals surface area contributed by atoms with Crippen LogP contribution in [-0.4, -0.2) is 57.6 Å². The molecule has 8 nitrogen and oxygen atoms in total. The highest BCUT2D eigenvalue weighted by molar-refractivity contribution is 7.92. The van der Waals surface area contributed by atoms with Crippen LogP contribution in [0.2, 0.25) is 0 Å². The second-order valence-electron chi connectivity index (χ2n) is 9.22. The minimum atomic E-state index is -3.52. The molecule has 2 rings (SSSR count). The number of carbonyl (C=O) groups excluding carboxylic acids is 2. The number of carbonyl (C=O) groups is 2. The summed E-state index contributed by atoms with van der Waals surface area (Å²) in [4.78, 5) is 28.1. The fourth-order valence-electron chi connectivity index (χ4n) is 4.14. The van der Waals surface area contributed by atoms with Crippen LogP contribution < -0.4 is 14.4 Å². The summed E-state index contributed by atoms with van der Waals surface area (Å²) in [6, 6.07) is 14.1.